The van der Waals surface area contributed by atoms with Gasteiger partial charge in [0, 0.05) is 23.8 Å². The Morgan fingerprint density at radius 2 is 1.71 bits per heavy atom. The van der Waals surface area contributed by atoms with Gasteiger partial charge in [-0.3, -0.25) is 9.20 Å². The minimum Gasteiger partial charge on any atom is -0.308 e. The van der Waals surface area contributed by atoms with Crippen molar-refractivity contribution in [3.63, 3.8) is 0 Å². The lowest BCUT2D eigenvalue weighted by Crippen LogP contribution is -2.19. The molecular formula is C21H15FN4O2. The standard InChI is InChI=1S/C21H15FN4O2/c22-15-4-3-5-17(12-15)25-21(28)24-16-9-7-14(8-10-16)18-13-23-19-6-1-2-11-26(19)20(18)27/h1-13H,(H2,24,25,28). The molecule has 0 aliphatic carbocycles. The summed E-state index contributed by atoms with van der Waals surface area (Å²) in [5.41, 5.74) is 2.43. The van der Waals surface area contributed by atoms with E-state index >= 15 is 0 Å². The number of halogens is 1. The van der Waals surface area contributed by atoms with Crippen LogP contribution in [0.2, 0.25) is 0 Å². The molecule has 6 nitrogen and oxygen atoms in total. The molecule has 2 amide bonds. The average Bonchev–Trinajstić information content (AvgIpc) is 2.69. The summed E-state index contributed by atoms with van der Waals surface area (Å²) in [5, 5.41) is 5.21. The van der Waals surface area contributed by atoms with E-state index in [1.54, 1.807) is 48.7 Å². The van der Waals surface area contributed by atoms with Crippen molar-refractivity contribution in [2.24, 2.45) is 0 Å². The molecule has 2 N–H and O–H groups in total. The van der Waals surface area contributed by atoms with Crippen LogP contribution in [0.1, 0.15) is 0 Å². The number of aromatic nitrogens is 2. The number of benzene rings is 2. The van der Waals surface area contributed by atoms with Crippen molar-refractivity contribution in [2.75, 3.05) is 10.6 Å². The predicted molar refractivity (Wildman–Crippen MR) is 106 cm³/mol. The molecule has 4 rings (SSSR count). The molecule has 0 saturated carbocycles. The summed E-state index contributed by atoms with van der Waals surface area (Å²) in [6.45, 7) is 0. The average molecular weight is 374 g/mol. The van der Waals surface area contributed by atoms with E-state index in [4.69, 9.17) is 0 Å². The molecule has 2 heterocycles. The Morgan fingerprint density at radius 3 is 2.50 bits per heavy atom. The van der Waals surface area contributed by atoms with Crippen LogP contribution >= 0.6 is 0 Å². The maximum atomic E-state index is 13.2. The summed E-state index contributed by atoms with van der Waals surface area (Å²) in [6.07, 6.45) is 3.21. The lowest BCUT2D eigenvalue weighted by atomic mass is 10.1. The molecule has 0 unspecified atom stereocenters. The van der Waals surface area contributed by atoms with Crippen LogP contribution in [0, 0.1) is 5.82 Å². The van der Waals surface area contributed by atoms with E-state index in [1.165, 1.54) is 28.8 Å². The van der Waals surface area contributed by atoms with Gasteiger partial charge in [0.1, 0.15) is 11.5 Å². The molecule has 0 aliphatic rings. The molecule has 0 spiro atoms. The minimum atomic E-state index is -0.495. The van der Waals surface area contributed by atoms with E-state index in [0.29, 0.717) is 28.1 Å². The summed E-state index contributed by atoms with van der Waals surface area (Å²) < 4.78 is 14.7. The summed E-state index contributed by atoms with van der Waals surface area (Å²) in [4.78, 5) is 29.0. The van der Waals surface area contributed by atoms with Gasteiger partial charge >= 0.3 is 6.03 Å². The quantitative estimate of drug-likeness (QED) is 0.566. The fourth-order valence-electron chi connectivity index (χ4n) is 2.82. The van der Waals surface area contributed by atoms with E-state index in [-0.39, 0.29) is 5.56 Å². The van der Waals surface area contributed by atoms with Crippen LogP contribution in [-0.4, -0.2) is 15.4 Å². The fourth-order valence-corrected chi connectivity index (χ4v) is 2.82. The van der Waals surface area contributed by atoms with Crippen molar-refractivity contribution in [3.8, 4) is 11.1 Å². The van der Waals surface area contributed by atoms with Crippen molar-refractivity contribution in [3.05, 3.63) is 95.3 Å². The van der Waals surface area contributed by atoms with Gasteiger partial charge in [0.05, 0.1) is 5.56 Å². The number of amides is 2. The maximum absolute atomic E-state index is 13.2. The second-order valence-electron chi connectivity index (χ2n) is 6.07. The number of anilines is 2. The van der Waals surface area contributed by atoms with Crippen molar-refractivity contribution in [2.45, 2.75) is 0 Å². The third-order valence-electron chi connectivity index (χ3n) is 4.15. The summed E-state index contributed by atoms with van der Waals surface area (Å²) >= 11 is 0. The van der Waals surface area contributed by atoms with Crippen molar-refractivity contribution >= 4 is 23.1 Å². The number of fused-ring (bicyclic) bond motifs is 1. The Kier molecular flexibility index (Phi) is 4.55. The normalized spacial score (nSPS) is 10.6. The molecule has 2 aromatic heterocycles. The van der Waals surface area contributed by atoms with Crippen molar-refractivity contribution < 1.29 is 9.18 Å². The van der Waals surface area contributed by atoms with Crippen LogP contribution in [0.25, 0.3) is 16.8 Å². The molecule has 0 fully saturated rings. The summed E-state index contributed by atoms with van der Waals surface area (Å²) in [7, 11) is 0. The van der Waals surface area contributed by atoms with E-state index in [9.17, 15) is 14.0 Å². The number of urea groups is 1. The van der Waals surface area contributed by atoms with Crippen LogP contribution in [-0.2, 0) is 0 Å². The van der Waals surface area contributed by atoms with Gasteiger partial charge in [-0.1, -0.05) is 24.3 Å². The number of hydrogen-bond donors (Lipinski definition) is 2. The van der Waals surface area contributed by atoms with Gasteiger partial charge in [0.15, 0.2) is 0 Å². The minimum absolute atomic E-state index is 0.171. The van der Waals surface area contributed by atoms with Crippen LogP contribution < -0.4 is 16.2 Å². The van der Waals surface area contributed by atoms with Gasteiger partial charge in [0.2, 0.25) is 0 Å². The number of hydrogen-bond acceptors (Lipinski definition) is 3. The summed E-state index contributed by atoms with van der Waals surface area (Å²) in [5.74, 6) is -0.433. The fraction of sp³-hybridized carbons (Fsp3) is 0. The highest BCUT2D eigenvalue weighted by Gasteiger charge is 2.08. The molecule has 28 heavy (non-hydrogen) atoms. The molecule has 0 saturated heterocycles. The number of carbonyl (C=O) groups excluding carboxylic acids is 1. The molecule has 138 valence electrons. The molecule has 2 aromatic carbocycles. The van der Waals surface area contributed by atoms with Crippen molar-refractivity contribution in [1.29, 1.82) is 0 Å². The smallest absolute Gasteiger partial charge is 0.308 e. The first kappa shape index (κ1) is 17.4. The van der Waals surface area contributed by atoms with Crippen LogP contribution in [0.15, 0.2) is 83.9 Å². The van der Waals surface area contributed by atoms with Gasteiger partial charge in [0.25, 0.3) is 5.56 Å². The zero-order valence-electron chi connectivity index (χ0n) is 14.6. The monoisotopic (exact) mass is 374 g/mol. The van der Waals surface area contributed by atoms with E-state index < -0.39 is 11.8 Å². The highest BCUT2D eigenvalue weighted by Crippen LogP contribution is 2.19. The highest BCUT2D eigenvalue weighted by molar-refractivity contribution is 5.99. The number of nitrogens with one attached hydrogen (secondary N) is 2. The van der Waals surface area contributed by atoms with Crippen LogP contribution in [0.4, 0.5) is 20.6 Å². The Hall–Kier alpha value is -4.00. The van der Waals surface area contributed by atoms with Gasteiger partial charge in [-0.25, -0.2) is 14.2 Å². The zero-order valence-corrected chi connectivity index (χ0v) is 14.6. The molecule has 0 aliphatic heterocycles. The number of carbonyl (C=O) groups is 1. The van der Waals surface area contributed by atoms with E-state index in [2.05, 4.69) is 15.6 Å². The number of pyridine rings is 1. The lowest BCUT2D eigenvalue weighted by molar-refractivity contribution is 0.262. The molecule has 7 heteroatoms. The third kappa shape index (κ3) is 3.59. The van der Waals surface area contributed by atoms with E-state index in [1.807, 2.05) is 6.07 Å². The zero-order chi connectivity index (χ0) is 19.5. The topological polar surface area (TPSA) is 75.5 Å². The first-order valence-electron chi connectivity index (χ1n) is 8.50. The predicted octanol–water partition coefficient (Wildman–Crippen LogP) is 4.14. The number of rotatable bonds is 3. The Labute approximate surface area is 159 Å². The van der Waals surface area contributed by atoms with Crippen molar-refractivity contribution in [1.82, 2.24) is 9.38 Å². The van der Waals surface area contributed by atoms with Crippen LogP contribution in [0.3, 0.4) is 0 Å². The first-order chi connectivity index (χ1) is 13.6. The highest BCUT2D eigenvalue weighted by atomic mass is 19.1. The molecular weight excluding hydrogens is 359 g/mol. The van der Waals surface area contributed by atoms with Gasteiger partial charge in [-0.2, -0.15) is 0 Å². The molecule has 0 radical (unpaired) electrons. The number of nitrogens with zero attached hydrogens (tertiary/aromatic N) is 2. The molecule has 0 atom stereocenters. The second-order valence-corrected chi connectivity index (χ2v) is 6.07. The first-order valence-corrected chi connectivity index (χ1v) is 8.50. The Bertz CT molecular complexity index is 1220. The SMILES string of the molecule is O=C(Nc1ccc(-c2cnc3ccccn3c2=O)cc1)Nc1cccc(F)c1. The molecule has 4 aromatic rings. The molecule has 0 bridgehead atoms. The Balaban J connectivity index is 1.52. The van der Waals surface area contributed by atoms with Gasteiger partial charge in [-0.05, 0) is 48.0 Å². The van der Waals surface area contributed by atoms with Gasteiger partial charge < -0.3 is 10.6 Å². The van der Waals surface area contributed by atoms with E-state index in [0.717, 1.165) is 0 Å². The van der Waals surface area contributed by atoms with Crippen LogP contribution in [0.5, 0.6) is 0 Å². The second kappa shape index (κ2) is 7.32. The maximum Gasteiger partial charge on any atom is 0.323 e. The third-order valence-corrected chi connectivity index (χ3v) is 4.15. The summed E-state index contributed by atoms with van der Waals surface area (Å²) in [6, 6.07) is 17.3. The Morgan fingerprint density at radius 1 is 0.929 bits per heavy atom. The van der Waals surface area contributed by atoms with Gasteiger partial charge in [-0.15, -0.1) is 0 Å². The lowest BCUT2D eigenvalue weighted by Gasteiger charge is -2.09. The largest absolute Gasteiger partial charge is 0.323 e.